The number of rotatable bonds is 27. The highest BCUT2D eigenvalue weighted by Gasteiger charge is 2.56. The molecular weight excluding hydrogens is 831 g/mol. The Morgan fingerprint density at radius 2 is 0.898 bits per heavy atom. The standard InChI is InChI=1S/C19H28F6O.C13H20F6O.C9H17O3P/c1-15(14-16(2)26)12-10-8-6-4-3-5-7-9-11-13-17(18(20,21)22)19(23,24)25;14-12(15,16)11(13(17,18)19)9-7-5-3-1-2-4-6-8-10-20;1-5-12-13(4,11)7-8(2)6-9(3)10/h10,12,14,17H,3-9,11,13H2,1-2H3;10-11H,1-9H2;6H,5,7H2,1-4H3/b12-10+,15-14+;;8-6+. The normalized spacial score (nSPS) is 14.2. The first-order valence-electron chi connectivity index (χ1n) is 20.0. The van der Waals surface area contributed by atoms with Crippen molar-refractivity contribution in [2.24, 2.45) is 11.8 Å². The molecule has 0 aromatic carbocycles. The number of allylic oxidation sites excluding steroid dienone is 6. The minimum Gasteiger partial charge on any atom is -0.329 e. The topological polar surface area (TPSA) is 77.5 Å². The molecule has 0 aliphatic rings. The summed E-state index contributed by atoms with van der Waals surface area (Å²) in [6.07, 6.45) is -4.29. The smallest absolute Gasteiger partial charge is 0.329 e. The fourth-order valence-electron chi connectivity index (χ4n) is 5.78. The van der Waals surface area contributed by atoms with Crippen LogP contribution in [0.5, 0.6) is 0 Å². The molecular formula is C41H65F12O5P. The van der Waals surface area contributed by atoms with Crippen molar-refractivity contribution in [3.63, 3.8) is 0 Å². The molecule has 0 aromatic rings. The van der Waals surface area contributed by atoms with Crippen LogP contribution >= 0.6 is 7.37 Å². The van der Waals surface area contributed by atoms with Crippen LogP contribution in [0, 0.1) is 11.8 Å². The Morgan fingerprint density at radius 3 is 1.22 bits per heavy atom. The summed E-state index contributed by atoms with van der Waals surface area (Å²) >= 11 is 0. The van der Waals surface area contributed by atoms with Crippen molar-refractivity contribution in [1.82, 2.24) is 0 Å². The molecule has 1 unspecified atom stereocenters. The van der Waals surface area contributed by atoms with Crippen LogP contribution in [0.3, 0.4) is 0 Å². The monoisotopic (exact) mass is 896 g/mol. The summed E-state index contributed by atoms with van der Waals surface area (Å²) in [7, 11) is -2.53. The van der Waals surface area contributed by atoms with E-state index in [0.29, 0.717) is 44.9 Å². The molecule has 0 saturated carbocycles. The fraction of sp³-hybridized carbons (Fsp3) is 0.780. The van der Waals surface area contributed by atoms with Crippen molar-refractivity contribution in [1.29, 1.82) is 0 Å². The van der Waals surface area contributed by atoms with Crippen LogP contribution in [0.1, 0.15) is 150 Å². The summed E-state index contributed by atoms with van der Waals surface area (Å²) < 4.78 is 164. The van der Waals surface area contributed by atoms with E-state index < -0.39 is 56.8 Å². The lowest BCUT2D eigenvalue weighted by molar-refractivity contribution is -0.287. The van der Waals surface area contributed by atoms with Crippen LogP contribution in [0.4, 0.5) is 52.7 Å². The Bertz CT molecular complexity index is 1260. The first-order valence-corrected chi connectivity index (χ1v) is 22.2. The zero-order valence-corrected chi connectivity index (χ0v) is 36.1. The van der Waals surface area contributed by atoms with E-state index in [9.17, 15) is 71.6 Å². The van der Waals surface area contributed by atoms with Crippen molar-refractivity contribution in [3.8, 4) is 0 Å². The quantitative estimate of drug-likeness (QED) is 0.0205. The predicted molar refractivity (Wildman–Crippen MR) is 208 cm³/mol. The molecule has 0 bridgehead atoms. The lowest BCUT2D eigenvalue weighted by Crippen LogP contribution is -2.36. The minimum atomic E-state index is -5.22. The van der Waals surface area contributed by atoms with Crippen LogP contribution in [0.2, 0.25) is 0 Å². The number of ketones is 2. The summed E-state index contributed by atoms with van der Waals surface area (Å²) in [4.78, 5) is 31.6. The van der Waals surface area contributed by atoms with Crippen LogP contribution in [0.15, 0.2) is 35.5 Å². The zero-order valence-electron chi connectivity index (χ0n) is 35.2. The molecule has 5 nitrogen and oxygen atoms in total. The van der Waals surface area contributed by atoms with Crippen LogP contribution in [-0.4, -0.2) is 62.0 Å². The third kappa shape index (κ3) is 39.5. The maximum Gasteiger partial charge on any atom is 0.400 e. The van der Waals surface area contributed by atoms with E-state index in [1.807, 2.05) is 19.1 Å². The molecule has 0 aliphatic carbocycles. The first kappa shape index (κ1) is 60.9. The number of hydrogen-bond acceptors (Lipinski definition) is 5. The van der Waals surface area contributed by atoms with Gasteiger partial charge >= 0.3 is 24.7 Å². The molecule has 0 fully saturated rings. The van der Waals surface area contributed by atoms with Gasteiger partial charge in [0.25, 0.3) is 0 Å². The number of carbonyl (C=O) groups excluding carboxylic acids is 3. The Balaban J connectivity index is -0.000000843. The van der Waals surface area contributed by atoms with Gasteiger partial charge in [-0.2, -0.15) is 52.7 Å². The Kier molecular flexibility index (Phi) is 33.3. The summed E-state index contributed by atoms with van der Waals surface area (Å²) in [5, 5.41) is 0. The third-order valence-corrected chi connectivity index (χ3v) is 10.3. The molecule has 0 N–H and O–H groups in total. The molecule has 18 heteroatoms. The van der Waals surface area contributed by atoms with Gasteiger partial charge in [-0.15, -0.1) is 0 Å². The second-order valence-corrected chi connectivity index (χ2v) is 17.2. The SMILES string of the molecule is CC(=O)/C=C(C)/C=C/CCCCCCCCCC(C(F)(F)F)C(F)(F)F.CCOP(C)(=O)C/C(C)=C/C(C)=O.O=CCCCCCCCCCC(C(F)(F)F)C(F)(F)F. The van der Waals surface area contributed by atoms with Crippen LogP contribution in [0.25, 0.3) is 0 Å². The van der Waals surface area contributed by atoms with Crippen molar-refractivity contribution < 1.29 is 76.2 Å². The van der Waals surface area contributed by atoms with Gasteiger partial charge in [0.1, 0.15) is 6.29 Å². The van der Waals surface area contributed by atoms with Gasteiger partial charge in [-0.1, -0.05) is 94.8 Å². The van der Waals surface area contributed by atoms with E-state index in [1.54, 1.807) is 26.6 Å². The second-order valence-electron chi connectivity index (χ2n) is 14.6. The Morgan fingerprint density at radius 1 is 0.559 bits per heavy atom. The minimum absolute atomic E-state index is 0.00365. The van der Waals surface area contributed by atoms with Crippen molar-refractivity contribution in [2.75, 3.05) is 19.4 Å². The van der Waals surface area contributed by atoms with Gasteiger partial charge in [-0.3, -0.25) is 14.2 Å². The van der Waals surface area contributed by atoms with Gasteiger partial charge in [-0.25, -0.2) is 0 Å². The number of carbonyl (C=O) groups is 3. The van der Waals surface area contributed by atoms with Gasteiger partial charge in [0.15, 0.2) is 23.4 Å². The third-order valence-electron chi connectivity index (χ3n) is 8.46. The number of hydrogen-bond donors (Lipinski definition) is 0. The highest BCUT2D eigenvalue weighted by molar-refractivity contribution is 7.58. The average molecular weight is 897 g/mol. The molecule has 0 amide bonds. The number of halogens is 12. The molecule has 59 heavy (non-hydrogen) atoms. The first-order chi connectivity index (χ1) is 27.0. The van der Waals surface area contributed by atoms with Gasteiger partial charge in [0.2, 0.25) is 7.37 Å². The number of unbranched alkanes of at least 4 members (excludes halogenated alkanes) is 14. The average Bonchev–Trinajstić information content (AvgIpc) is 3.03. The lowest BCUT2D eigenvalue weighted by Gasteiger charge is -2.22. The van der Waals surface area contributed by atoms with Gasteiger partial charge in [-0.05, 0) is 84.4 Å². The molecule has 1 atom stereocenters. The van der Waals surface area contributed by atoms with E-state index >= 15 is 0 Å². The molecule has 0 aromatic heterocycles. The van der Waals surface area contributed by atoms with Gasteiger partial charge in [0.05, 0.1) is 6.61 Å². The van der Waals surface area contributed by atoms with Crippen molar-refractivity contribution in [3.05, 3.63) is 35.5 Å². The predicted octanol–water partition coefficient (Wildman–Crippen LogP) is 15.2. The highest BCUT2D eigenvalue weighted by atomic mass is 31.2. The number of aldehydes is 1. The molecule has 0 aliphatic heterocycles. The molecule has 0 saturated heterocycles. The van der Waals surface area contributed by atoms with E-state index in [-0.39, 0.29) is 24.4 Å². The Hall–Kier alpha value is -2.42. The van der Waals surface area contributed by atoms with Crippen LogP contribution < -0.4 is 0 Å². The van der Waals surface area contributed by atoms with Crippen molar-refractivity contribution >= 4 is 25.2 Å². The molecule has 348 valence electrons. The Labute approximate surface area is 342 Å². The summed E-state index contributed by atoms with van der Waals surface area (Å²) in [6.45, 7) is 10.4. The maximum absolute atomic E-state index is 12.4. The summed E-state index contributed by atoms with van der Waals surface area (Å²) in [6, 6.07) is 0. The van der Waals surface area contributed by atoms with E-state index in [1.165, 1.54) is 19.9 Å². The second kappa shape index (κ2) is 32.3. The van der Waals surface area contributed by atoms with Gasteiger partial charge in [0, 0.05) is 19.2 Å². The van der Waals surface area contributed by atoms with E-state index in [0.717, 1.165) is 75.2 Å². The molecule has 0 spiro atoms. The van der Waals surface area contributed by atoms with Gasteiger partial charge < -0.3 is 9.32 Å². The summed E-state index contributed by atoms with van der Waals surface area (Å²) in [5.41, 5.74) is 1.71. The molecule has 0 rings (SSSR count). The van der Waals surface area contributed by atoms with Crippen molar-refractivity contribution in [2.45, 2.75) is 175 Å². The van der Waals surface area contributed by atoms with E-state index in [4.69, 9.17) is 4.52 Å². The number of alkyl halides is 12. The van der Waals surface area contributed by atoms with E-state index in [2.05, 4.69) is 0 Å². The molecule has 0 heterocycles. The summed E-state index contributed by atoms with van der Waals surface area (Å²) in [5.74, 6) is -6.43. The molecule has 0 radical (unpaired) electrons. The largest absolute Gasteiger partial charge is 0.400 e. The zero-order chi connectivity index (χ0) is 46.3. The maximum atomic E-state index is 12.4. The fourth-order valence-corrected chi connectivity index (χ4v) is 7.42. The van der Waals surface area contributed by atoms with Crippen LogP contribution in [-0.2, 0) is 23.5 Å². The highest BCUT2D eigenvalue weighted by Crippen LogP contribution is 2.44. The lowest BCUT2D eigenvalue weighted by atomic mass is 9.99.